The summed E-state index contributed by atoms with van der Waals surface area (Å²) in [5.74, 6) is 0.223. The van der Waals surface area contributed by atoms with Crippen LogP contribution in [0.4, 0.5) is 5.82 Å². The second-order valence-corrected chi connectivity index (χ2v) is 19.6. The first-order valence-corrected chi connectivity index (χ1v) is 16.2. The summed E-state index contributed by atoms with van der Waals surface area (Å²) in [6.45, 7) is 17.5. The van der Waals surface area contributed by atoms with Gasteiger partial charge < -0.3 is 33.1 Å². The molecule has 4 rings (SSSR count). The number of rotatable bonds is 5. The van der Waals surface area contributed by atoms with Crippen LogP contribution in [0.15, 0.2) is 18.6 Å². The summed E-state index contributed by atoms with van der Waals surface area (Å²) in [6, 6.07) is 0.179. The number of hydrogen-bond acceptors (Lipinski definition) is 8. The fourth-order valence-electron chi connectivity index (χ4n) is 5.48. The molecule has 0 amide bonds. The highest BCUT2D eigenvalue weighted by Crippen LogP contribution is 2.48. The summed E-state index contributed by atoms with van der Waals surface area (Å²) in [7, 11) is -5.60. The van der Waals surface area contributed by atoms with Gasteiger partial charge >= 0.3 is 17.1 Å². The molecule has 2 aliphatic rings. The topological polar surface area (TPSA) is 114 Å². The van der Waals surface area contributed by atoms with Gasteiger partial charge in [-0.15, -0.1) is 0 Å². The monoisotopic (exact) mass is 510 g/mol. The van der Waals surface area contributed by atoms with Crippen molar-refractivity contribution in [2.75, 3.05) is 12.3 Å². The van der Waals surface area contributed by atoms with E-state index in [2.05, 4.69) is 65.4 Å². The van der Waals surface area contributed by atoms with Crippen LogP contribution in [-0.4, -0.2) is 61.7 Å². The Kier molecular flexibility index (Phi) is 6.64. The lowest BCUT2D eigenvalue weighted by Gasteiger charge is -2.51. The summed E-state index contributed by atoms with van der Waals surface area (Å²) in [6.07, 6.45) is 0.00761. The number of aliphatic hydroxyl groups excluding tert-OH is 1. The largest absolute Gasteiger partial charge is 0.414 e. The zero-order valence-electron chi connectivity index (χ0n) is 22.5. The minimum Gasteiger partial charge on any atom is -0.414 e. The van der Waals surface area contributed by atoms with E-state index in [-0.39, 0.29) is 40.6 Å². The smallest absolute Gasteiger partial charge is 0.335 e. The quantitative estimate of drug-likeness (QED) is 0.575. The lowest BCUT2D eigenvalue weighted by Crippen LogP contribution is -2.65. The van der Waals surface area contributed by atoms with E-state index >= 15 is 0 Å². The number of fused-ring (bicyclic) bond motifs is 2. The van der Waals surface area contributed by atoms with E-state index < -0.39 is 41.7 Å². The predicted octanol–water partition coefficient (Wildman–Crippen LogP) is 4.23. The van der Waals surface area contributed by atoms with Gasteiger partial charge in [-0.1, -0.05) is 55.4 Å². The Morgan fingerprint density at radius 3 is 2.26 bits per heavy atom. The number of nitrogens with two attached hydrogens (primary N) is 1. The average Bonchev–Trinajstić information content (AvgIpc) is 3.24. The molecule has 0 bridgehead atoms. The van der Waals surface area contributed by atoms with E-state index in [1.54, 1.807) is 10.8 Å². The summed E-state index contributed by atoms with van der Waals surface area (Å²) in [4.78, 5) is 8.34. The average molecular weight is 511 g/mol. The van der Waals surface area contributed by atoms with Crippen LogP contribution in [0.5, 0.6) is 0 Å². The number of aromatic nitrogens is 3. The SMILES string of the molecule is [3H]c1cn([C@@H]2O[C@H]3CO[Si](C(C)C)(C(C)C)O[Si](C(C)C)(C(C)C)OC3C2O)c2ncnc(N)c12. The molecule has 0 aliphatic carbocycles. The molecule has 4 atom stereocenters. The van der Waals surface area contributed by atoms with Crippen molar-refractivity contribution in [1.29, 1.82) is 0 Å². The molecule has 9 nitrogen and oxygen atoms in total. The Hall–Kier alpha value is -1.35. The highest BCUT2D eigenvalue weighted by atomic mass is 28.5. The van der Waals surface area contributed by atoms with Crippen LogP contribution in [0.1, 0.15) is 63.0 Å². The number of aliphatic hydroxyl groups is 1. The van der Waals surface area contributed by atoms with Crippen LogP contribution in [0.2, 0.25) is 22.2 Å². The van der Waals surface area contributed by atoms with Crippen molar-refractivity contribution in [2.24, 2.45) is 0 Å². The van der Waals surface area contributed by atoms with Crippen molar-refractivity contribution in [3.8, 4) is 0 Å². The van der Waals surface area contributed by atoms with E-state index in [4.69, 9.17) is 24.8 Å². The molecule has 2 fully saturated rings. The number of ether oxygens (including phenoxy) is 1. The van der Waals surface area contributed by atoms with Crippen LogP contribution < -0.4 is 5.73 Å². The molecular weight excluding hydrogens is 468 g/mol. The van der Waals surface area contributed by atoms with Gasteiger partial charge in [0.2, 0.25) is 0 Å². The van der Waals surface area contributed by atoms with Crippen LogP contribution in [0, 0.1) is 0 Å². The third-order valence-electron chi connectivity index (χ3n) is 7.36. The highest BCUT2D eigenvalue weighted by molar-refractivity contribution is 6.84. The fraction of sp³-hybridized carbons (Fsp3) is 0.739. The predicted molar refractivity (Wildman–Crippen MR) is 136 cm³/mol. The van der Waals surface area contributed by atoms with Crippen molar-refractivity contribution in [3.05, 3.63) is 18.6 Å². The summed E-state index contributed by atoms with van der Waals surface area (Å²) < 4.78 is 37.4. The van der Waals surface area contributed by atoms with Crippen LogP contribution >= 0.6 is 0 Å². The molecule has 34 heavy (non-hydrogen) atoms. The molecular formula is C23H40N4O5Si2. The first-order chi connectivity index (χ1) is 16.4. The Morgan fingerprint density at radius 2 is 1.68 bits per heavy atom. The molecule has 2 aromatic rings. The summed E-state index contributed by atoms with van der Waals surface area (Å²) >= 11 is 0. The minimum absolute atomic E-state index is 0.139. The Balaban J connectivity index is 1.79. The molecule has 2 saturated heterocycles. The van der Waals surface area contributed by atoms with Crippen molar-refractivity contribution in [3.63, 3.8) is 0 Å². The van der Waals surface area contributed by atoms with Gasteiger partial charge in [-0.25, -0.2) is 9.97 Å². The molecule has 11 heteroatoms. The van der Waals surface area contributed by atoms with E-state index in [0.29, 0.717) is 11.0 Å². The van der Waals surface area contributed by atoms with Gasteiger partial charge in [0.05, 0.1) is 13.4 Å². The van der Waals surface area contributed by atoms with Crippen molar-refractivity contribution < 1.29 is 24.2 Å². The molecule has 190 valence electrons. The Morgan fingerprint density at radius 1 is 1.06 bits per heavy atom. The van der Waals surface area contributed by atoms with Gasteiger partial charge in [-0.3, -0.25) is 0 Å². The molecule has 2 aromatic heterocycles. The minimum atomic E-state index is -2.89. The second-order valence-electron chi connectivity index (χ2n) is 10.8. The molecule has 2 aliphatic heterocycles. The van der Waals surface area contributed by atoms with Gasteiger partial charge in [-0.05, 0) is 28.2 Å². The van der Waals surface area contributed by atoms with Gasteiger partial charge in [0, 0.05) is 6.20 Å². The Bertz CT molecular complexity index is 1050. The Labute approximate surface area is 205 Å². The van der Waals surface area contributed by atoms with E-state index in [9.17, 15) is 5.11 Å². The molecule has 0 saturated carbocycles. The first kappa shape index (κ1) is 24.4. The molecule has 0 aromatic carbocycles. The zero-order valence-corrected chi connectivity index (χ0v) is 23.5. The maximum absolute atomic E-state index is 11.6. The molecule has 3 N–H and O–H groups in total. The lowest BCUT2D eigenvalue weighted by molar-refractivity contribution is -0.0568. The number of nitrogens with zero attached hydrogens (tertiary/aromatic N) is 3. The lowest BCUT2D eigenvalue weighted by atomic mass is 10.1. The standard InChI is InChI=1S/C23H40N4O5Si2/c1-13(2)33(14(3)4)29-11-18-20(31-34(32-33,15(5)6)16(7)8)19(28)23(30-18)27-10-9-17-21(24)25-12-26-22(17)27/h9-10,12-16,18-20,23,28H,11H2,1-8H3,(H2,24,25,26)/t18-,19?,20?,23+/m0/s1/i9T. The number of anilines is 1. The van der Waals surface area contributed by atoms with Crippen molar-refractivity contribution >= 4 is 34.0 Å². The fourth-order valence-corrected chi connectivity index (χ4v) is 16.7. The third kappa shape index (κ3) is 3.95. The summed E-state index contributed by atoms with van der Waals surface area (Å²) in [5, 5.41) is 12.0. The van der Waals surface area contributed by atoms with Crippen LogP contribution in [0.3, 0.4) is 0 Å². The second kappa shape index (κ2) is 9.27. The molecule has 2 unspecified atom stereocenters. The number of hydrogen-bond donors (Lipinski definition) is 2. The normalized spacial score (nSPS) is 29.6. The van der Waals surface area contributed by atoms with Crippen molar-refractivity contribution in [1.82, 2.24) is 14.5 Å². The highest BCUT2D eigenvalue weighted by Gasteiger charge is 2.61. The van der Waals surface area contributed by atoms with Gasteiger partial charge in [0.25, 0.3) is 0 Å². The van der Waals surface area contributed by atoms with Gasteiger partial charge in [0.15, 0.2) is 6.23 Å². The number of nitrogen functional groups attached to an aromatic ring is 1. The van der Waals surface area contributed by atoms with E-state index in [1.165, 1.54) is 6.33 Å². The molecule has 4 heterocycles. The molecule has 0 radical (unpaired) electrons. The maximum Gasteiger partial charge on any atom is 0.335 e. The van der Waals surface area contributed by atoms with Gasteiger partial charge in [0.1, 0.15) is 36.1 Å². The van der Waals surface area contributed by atoms with E-state index in [1.807, 2.05) is 0 Å². The first-order valence-electron chi connectivity index (χ1n) is 12.8. The van der Waals surface area contributed by atoms with Crippen LogP contribution in [-0.2, 0) is 17.7 Å². The summed E-state index contributed by atoms with van der Waals surface area (Å²) in [5.41, 5.74) is 7.17. The van der Waals surface area contributed by atoms with E-state index in [0.717, 1.165) is 0 Å². The molecule has 0 spiro atoms. The van der Waals surface area contributed by atoms with Gasteiger partial charge in [-0.2, -0.15) is 0 Å². The van der Waals surface area contributed by atoms with Crippen LogP contribution in [0.25, 0.3) is 11.0 Å². The third-order valence-corrected chi connectivity index (χ3v) is 17.6. The van der Waals surface area contributed by atoms with Crippen molar-refractivity contribution in [2.45, 2.75) is 102 Å². The maximum atomic E-state index is 11.6. The zero-order chi connectivity index (χ0) is 25.9.